The molecule has 1 rings (SSSR count). The quantitative estimate of drug-likeness (QED) is 0.686. The molecule has 0 radical (unpaired) electrons. The Balaban J connectivity index is 0.000000921. The molecule has 0 atom stereocenters. The molecule has 0 saturated carbocycles. The molecule has 88 valence electrons. The normalized spacial score (nSPS) is 15.7. The standard InChI is InChI=1S/C10H18N2O.CH5N/c1-11(2)7-5-6-10(13)12-8-3-4-9-12;1-2/h5-6H,3-4,7-9H2,1-2H3;2H2,1H3/b6-5+;. The Hall–Kier alpha value is -0.870. The molecule has 4 nitrogen and oxygen atoms in total. The van der Waals surface area contributed by atoms with Gasteiger partial charge in [-0.15, -0.1) is 0 Å². The molecule has 0 bridgehead atoms. The van der Waals surface area contributed by atoms with Gasteiger partial charge in [-0.05, 0) is 34.0 Å². The fourth-order valence-corrected chi connectivity index (χ4v) is 1.41. The molecule has 2 N–H and O–H groups in total. The maximum atomic E-state index is 11.4. The van der Waals surface area contributed by atoms with Crippen LogP contribution < -0.4 is 5.73 Å². The maximum Gasteiger partial charge on any atom is 0.246 e. The molecule has 1 saturated heterocycles. The number of carbonyl (C=O) groups is 1. The second-order valence-electron chi connectivity index (χ2n) is 3.70. The van der Waals surface area contributed by atoms with E-state index in [4.69, 9.17) is 0 Å². The SMILES string of the molecule is CN.CN(C)C/C=C/C(=O)N1CCCC1. The van der Waals surface area contributed by atoms with Crippen LogP contribution in [0.1, 0.15) is 12.8 Å². The Labute approximate surface area is 92.7 Å². The van der Waals surface area contributed by atoms with Crippen molar-refractivity contribution >= 4 is 5.91 Å². The summed E-state index contributed by atoms with van der Waals surface area (Å²) in [5.41, 5.74) is 4.50. The summed E-state index contributed by atoms with van der Waals surface area (Å²) in [7, 11) is 5.48. The molecule has 1 aliphatic heterocycles. The van der Waals surface area contributed by atoms with E-state index in [1.807, 2.05) is 30.0 Å². The zero-order chi connectivity index (χ0) is 11.7. The van der Waals surface area contributed by atoms with Gasteiger partial charge in [-0.2, -0.15) is 0 Å². The van der Waals surface area contributed by atoms with Gasteiger partial charge in [0, 0.05) is 25.7 Å². The molecule has 0 aromatic heterocycles. The molecular weight excluding hydrogens is 190 g/mol. The summed E-state index contributed by atoms with van der Waals surface area (Å²) in [5, 5.41) is 0. The molecule has 1 aliphatic rings. The molecule has 0 aromatic rings. The number of likely N-dealkylation sites (N-methyl/N-ethyl adjacent to an activating group) is 1. The van der Waals surface area contributed by atoms with Gasteiger partial charge in [-0.25, -0.2) is 0 Å². The highest BCUT2D eigenvalue weighted by atomic mass is 16.2. The zero-order valence-electron chi connectivity index (χ0n) is 10.1. The maximum absolute atomic E-state index is 11.4. The summed E-state index contributed by atoms with van der Waals surface area (Å²) >= 11 is 0. The predicted molar refractivity (Wildman–Crippen MR) is 63.6 cm³/mol. The summed E-state index contributed by atoms with van der Waals surface area (Å²) in [6.45, 7) is 2.70. The van der Waals surface area contributed by atoms with Crippen LogP contribution in [0.2, 0.25) is 0 Å². The molecule has 1 fully saturated rings. The summed E-state index contributed by atoms with van der Waals surface area (Å²) in [5.74, 6) is 0.166. The summed E-state index contributed by atoms with van der Waals surface area (Å²) < 4.78 is 0. The van der Waals surface area contributed by atoms with Gasteiger partial charge >= 0.3 is 0 Å². The van der Waals surface area contributed by atoms with Crippen LogP contribution in [0.25, 0.3) is 0 Å². The van der Waals surface area contributed by atoms with Gasteiger partial charge in [0.2, 0.25) is 5.91 Å². The first-order valence-corrected chi connectivity index (χ1v) is 5.38. The number of likely N-dealkylation sites (tertiary alicyclic amines) is 1. The molecule has 1 heterocycles. The predicted octanol–water partition coefficient (Wildman–Crippen LogP) is 0.302. The van der Waals surface area contributed by atoms with Gasteiger partial charge in [-0.3, -0.25) is 4.79 Å². The van der Waals surface area contributed by atoms with E-state index >= 15 is 0 Å². The van der Waals surface area contributed by atoms with Crippen molar-refractivity contribution < 1.29 is 4.79 Å². The van der Waals surface area contributed by atoms with Crippen LogP contribution in [0.3, 0.4) is 0 Å². The van der Waals surface area contributed by atoms with E-state index in [9.17, 15) is 4.79 Å². The van der Waals surface area contributed by atoms with Crippen LogP contribution in [0.4, 0.5) is 0 Å². The van der Waals surface area contributed by atoms with Crippen LogP contribution in [0.15, 0.2) is 12.2 Å². The molecule has 0 aliphatic carbocycles. The van der Waals surface area contributed by atoms with Gasteiger partial charge in [0.15, 0.2) is 0 Å². The van der Waals surface area contributed by atoms with E-state index in [0.717, 1.165) is 32.5 Å². The van der Waals surface area contributed by atoms with E-state index in [2.05, 4.69) is 5.73 Å². The monoisotopic (exact) mass is 213 g/mol. The molecule has 0 spiro atoms. The first-order chi connectivity index (χ1) is 7.20. The van der Waals surface area contributed by atoms with Crippen molar-refractivity contribution in [3.63, 3.8) is 0 Å². The van der Waals surface area contributed by atoms with Crippen molar-refractivity contribution in [2.45, 2.75) is 12.8 Å². The van der Waals surface area contributed by atoms with Gasteiger partial charge in [-0.1, -0.05) is 6.08 Å². The minimum absolute atomic E-state index is 0.166. The minimum Gasteiger partial charge on any atom is -0.339 e. The van der Waals surface area contributed by atoms with E-state index in [1.54, 1.807) is 6.08 Å². The van der Waals surface area contributed by atoms with Crippen molar-refractivity contribution in [2.75, 3.05) is 40.8 Å². The fraction of sp³-hybridized carbons (Fsp3) is 0.727. The number of amides is 1. The summed E-state index contributed by atoms with van der Waals surface area (Å²) in [6, 6.07) is 0. The van der Waals surface area contributed by atoms with Gasteiger partial charge in [0.25, 0.3) is 0 Å². The Morgan fingerprint density at radius 2 is 1.87 bits per heavy atom. The van der Waals surface area contributed by atoms with E-state index in [-0.39, 0.29) is 5.91 Å². The third-order valence-electron chi connectivity index (χ3n) is 2.15. The van der Waals surface area contributed by atoms with E-state index in [1.165, 1.54) is 7.05 Å². The topological polar surface area (TPSA) is 49.6 Å². The minimum atomic E-state index is 0.166. The molecular formula is C11H23N3O. The lowest BCUT2D eigenvalue weighted by Crippen LogP contribution is -2.25. The third kappa shape index (κ3) is 6.25. The van der Waals surface area contributed by atoms with Crippen LogP contribution in [0.5, 0.6) is 0 Å². The summed E-state index contributed by atoms with van der Waals surface area (Å²) in [6.07, 6.45) is 5.92. The number of hydrogen-bond acceptors (Lipinski definition) is 3. The molecule has 0 unspecified atom stereocenters. The molecule has 4 heteroatoms. The Morgan fingerprint density at radius 1 is 1.33 bits per heavy atom. The zero-order valence-corrected chi connectivity index (χ0v) is 10.1. The molecule has 0 aromatic carbocycles. The highest BCUT2D eigenvalue weighted by Crippen LogP contribution is 2.07. The molecule has 15 heavy (non-hydrogen) atoms. The smallest absolute Gasteiger partial charge is 0.246 e. The number of hydrogen-bond donors (Lipinski definition) is 1. The highest BCUT2D eigenvalue weighted by molar-refractivity contribution is 5.87. The van der Waals surface area contributed by atoms with Gasteiger partial charge in [0.1, 0.15) is 0 Å². The van der Waals surface area contributed by atoms with E-state index in [0.29, 0.717) is 0 Å². The van der Waals surface area contributed by atoms with Crippen LogP contribution in [-0.2, 0) is 4.79 Å². The fourth-order valence-electron chi connectivity index (χ4n) is 1.41. The van der Waals surface area contributed by atoms with Gasteiger partial charge < -0.3 is 15.5 Å². The summed E-state index contributed by atoms with van der Waals surface area (Å²) in [4.78, 5) is 15.4. The largest absolute Gasteiger partial charge is 0.339 e. The number of rotatable bonds is 3. The lowest BCUT2D eigenvalue weighted by molar-refractivity contribution is -0.125. The number of carbonyl (C=O) groups excluding carboxylic acids is 1. The molecule has 1 amide bonds. The van der Waals surface area contributed by atoms with Crippen LogP contribution in [-0.4, -0.2) is 56.5 Å². The third-order valence-corrected chi connectivity index (χ3v) is 2.15. The van der Waals surface area contributed by atoms with Gasteiger partial charge in [0.05, 0.1) is 0 Å². The Kier molecular flexibility index (Phi) is 7.95. The lowest BCUT2D eigenvalue weighted by Gasteiger charge is -2.12. The Morgan fingerprint density at radius 3 is 2.33 bits per heavy atom. The Bertz CT molecular complexity index is 196. The van der Waals surface area contributed by atoms with Crippen LogP contribution >= 0.6 is 0 Å². The van der Waals surface area contributed by atoms with E-state index < -0.39 is 0 Å². The van der Waals surface area contributed by atoms with Crippen molar-refractivity contribution in [3.05, 3.63) is 12.2 Å². The van der Waals surface area contributed by atoms with Crippen molar-refractivity contribution in [1.82, 2.24) is 9.80 Å². The number of nitrogens with zero attached hydrogens (tertiary/aromatic N) is 2. The second-order valence-corrected chi connectivity index (χ2v) is 3.70. The van der Waals surface area contributed by atoms with Crippen molar-refractivity contribution in [3.8, 4) is 0 Å². The lowest BCUT2D eigenvalue weighted by atomic mass is 10.4. The van der Waals surface area contributed by atoms with Crippen molar-refractivity contribution in [1.29, 1.82) is 0 Å². The highest BCUT2D eigenvalue weighted by Gasteiger charge is 2.14. The average molecular weight is 213 g/mol. The number of nitrogens with two attached hydrogens (primary N) is 1. The second kappa shape index (κ2) is 8.44. The average Bonchev–Trinajstić information content (AvgIpc) is 2.73. The first-order valence-electron chi connectivity index (χ1n) is 5.38. The first kappa shape index (κ1) is 14.1. The van der Waals surface area contributed by atoms with Crippen molar-refractivity contribution in [2.24, 2.45) is 5.73 Å². The van der Waals surface area contributed by atoms with Crippen LogP contribution in [0, 0.1) is 0 Å².